The van der Waals surface area contributed by atoms with Crippen molar-refractivity contribution in [3.8, 4) is 0 Å². The third-order valence-corrected chi connectivity index (χ3v) is 1.98. The Morgan fingerprint density at radius 1 is 1.46 bits per heavy atom. The Labute approximate surface area is 74.7 Å². The Morgan fingerprint density at radius 3 is 2.46 bits per heavy atom. The van der Waals surface area contributed by atoms with Gasteiger partial charge in [0.05, 0.1) is 13.7 Å². The molecule has 0 bridgehead atoms. The molecule has 4 atom stereocenters. The monoisotopic (exact) mass is 192 g/mol. The lowest BCUT2D eigenvalue weighted by Gasteiger charge is -2.11. The van der Waals surface area contributed by atoms with Crippen LogP contribution in [-0.4, -0.2) is 59.4 Å². The average Bonchev–Trinajstić information content (AvgIpc) is 2.43. The SMILES string of the molecule is COC(=O)[C@H]1O[C@H](CO)[C@@H](O)[C@@H]1O. The minimum absolute atomic E-state index is 0.453. The van der Waals surface area contributed by atoms with E-state index in [0.717, 1.165) is 7.11 Å². The molecule has 76 valence electrons. The molecule has 0 amide bonds. The maximum absolute atomic E-state index is 10.9. The van der Waals surface area contributed by atoms with Gasteiger partial charge in [0.1, 0.15) is 18.3 Å². The summed E-state index contributed by atoms with van der Waals surface area (Å²) in [5, 5.41) is 27.2. The minimum Gasteiger partial charge on any atom is -0.467 e. The fourth-order valence-corrected chi connectivity index (χ4v) is 1.21. The van der Waals surface area contributed by atoms with Crippen LogP contribution < -0.4 is 0 Å². The van der Waals surface area contributed by atoms with Gasteiger partial charge in [-0.1, -0.05) is 0 Å². The van der Waals surface area contributed by atoms with Gasteiger partial charge < -0.3 is 24.8 Å². The van der Waals surface area contributed by atoms with Gasteiger partial charge in [0.2, 0.25) is 0 Å². The van der Waals surface area contributed by atoms with Crippen LogP contribution in [0, 0.1) is 0 Å². The smallest absolute Gasteiger partial charge is 0.337 e. The summed E-state index contributed by atoms with van der Waals surface area (Å²) in [5.74, 6) is -0.762. The van der Waals surface area contributed by atoms with Crippen molar-refractivity contribution < 1.29 is 29.6 Å². The molecule has 0 saturated carbocycles. The number of rotatable bonds is 2. The molecular formula is C7H12O6. The number of esters is 1. The van der Waals surface area contributed by atoms with Crippen molar-refractivity contribution in [2.24, 2.45) is 0 Å². The molecule has 6 heteroatoms. The van der Waals surface area contributed by atoms with E-state index < -0.39 is 37.0 Å². The number of aliphatic hydroxyl groups is 3. The zero-order chi connectivity index (χ0) is 10.0. The van der Waals surface area contributed by atoms with E-state index in [1.807, 2.05) is 0 Å². The Bertz CT molecular complexity index is 193. The summed E-state index contributed by atoms with van der Waals surface area (Å²) in [6.45, 7) is -0.453. The quantitative estimate of drug-likeness (QED) is 0.423. The lowest BCUT2D eigenvalue weighted by molar-refractivity contribution is -0.157. The normalized spacial score (nSPS) is 39.1. The molecule has 1 heterocycles. The van der Waals surface area contributed by atoms with Crippen molar-refractivity contribution in [2.75, 3.05) is 13.7 Å². The molecule has 1 fully saturated rings. The van der Waals surface area contributed by atoms with E-state index >= 15 is 0 Å². The van der Waals surface area contributed by atoms with E-state index in [2.05, 4.69) is 4.74 Å². The summed E-state index contributed by atoms with van der Waals surface area (Å²) in [4.78, 5) is 10.9. The van der Waals surface area contributed by atoms with Crippen LogP contribution >= 0.6 is 0 Å². The Morgan fingerprint density at radius 2 is 2.08 bits per heavy atom. The van der Waals surface area contributed by atoms with Crippen LogP contribution in [0.5, 0.6) is 0 Å². The number of hydrogen-bond acceptors (Lipinski definition) is 6. The minimum atomic E-state index is -1.34. The van der Waals surface area contributed by atoms with E-state index in [9.17, 15) is 15.0 Å². The number of aliphatic hydroxyl groups excluding tert-OH is 3. The molecule has 1 saturated heterocycles. The summed E-state index contributed by atoms with van der Waals surface area (Å²) >= 11 is 0. The zero-order valence-corrected chi connectivity index (χ0v) is 7.08. The Hall–Kier alpha value is -0.690. The van der Waals surface area contributed by atoms with Gasteiger partial charge in [-0.25, -0.2) is 4.79 Å². The first-order valence-electron chi connectivity index (χ1n) is 3.82. The lowest BCUT2D eigenvalue weighted by Crippen LogP contribution is -2.37. The first kappa shape index (κ1) is 10.4. The second-order valence-electron chi connectivity index (χ2n) is 2.78. The molecule has 0 aromatic carbocycles. The fraction of sp³-hybridized carbons (Fsp3) is 0.857. The highest BCUT2D eigenvalue weighted by atomic mass is 16.6. The predicted octanol–water partition coefficient (Wildman–Crippen LogP) is -2.36. The van der Waals surface area contributed by atoms with Gasteiger partial charge in [-0.2, -0.15) is 0 Å². The number of carbonyl (C=O) groups excluding carboxylic acids is 1. The van der Waals surface area contributed by atoms with Gasteiger partial charge in [0, 0.05) is 0 Å². The molecule has 0 spiro atoms. The first-order chi connectivity index (χ1) is 6.11. The Kier molecular flexibility index (Phi) is 3.21. The van der Waals surface area contributed by atoms with Crippen molar-refractivity contribution in [3.05, 3.63) is 0 Å². The average molecular weight is 192 g/mol. The van der Waals surface area contributed by atoms with Gasteiger partial charge in [0.25, 0.3) is 0 Å². The van der Waals surface area contributed by atoms with Gasteiger partial charge in [-0.3, -0.25) is 0 Å². The number of carbonyl (C=O) groups is 1. The molecule has 1 rings (SSSR count). The van der Waals surface area contributed by atoms with E-state index in [1.54, 1.807) is 0 Å². The van der Waals surface area contributed by atoms with Crippen LogP contribution in [0.25, 0.3) is 0 Å². The van der Waals surface area contributed by atoms with Crippen LogP contribution in [-0.2, 0) is 14.3 Å². The third-order valence-electron chi connectivity index (χ3n) is 1.98. The van der Waals surface area contributed by atoms with Gasteiger partial charge in [-0.05, 0) is 0 Å². The highest BCUT2D eigenvalue weighted by Crippen LogP contribution is 2.21. The Balaban J connectivity index is 2.65. The maximum atomic E-state index is 10.9. The molecule has 1 aliphatic heterocycles. The number of hydrogen-bond donors (Lipinski definition) is 3. The summed E-state index contributed by atoms with van der Waals surface area (Å²) in [6, 6.07) is 0. The molecule has 1 aliphatic rings. The standard InChI is InChI=1S/C7H12O6/c1-12-7(11)6-5(10)4(9)3(2-8)13-6/h3-6,8-10H,2H2,1H3/t3-,4-,5+,6+/m1/s1. The maximum Gasteiger partial charge on any atom is 0.337 e. The van der Waals surface area contributed by atoms with Crippen molar-refractivity contribution in [1.82, 2.24) is 0 Å². The molecule has 3 N–H and O–H groups in total. The first-order valence-corrected chi connectivity index (χ1v) is 3.82. The molecule has 0 radical (unpaired) electrons. The van der Waals surface area contributed by atoms with Gasteiger partial charge >= 0.3 is 5.97 Å². The van der Waals surface area contributed by atoms with E-state index in [-0.39, 0.29) is 0 Å². The highest BCUT2D eigenvalue weighted by molar-refractivity contribution is 5.75. The summed E-state index contributed by atoms with van der Waals surface area (Å²) in [7, 11) is 1.15. The third kappa shape index (κ3) is 1.80. The second-order valence-corrected chi connectivity index (χ2v) is 2.78. The van der Waals surface area contributed by atoms with Crippen molar-refractivity contribution >= 4 is 5.97 Å². The van der Waals surface area contributed by atoms with E-state index in [0.29, 0.717) is 0 Å². The summed E-state index contributed by atoms with van der Waals surface area (Å²) < 4.78 is 9.19. The van der Waals surface area contributed by atoms with Crippen LogP contribution in [0.3, 0.4) is 0 Å². The zero-order valence-electron chi connectivity index (χ0n) is 7.08. The lowest BCUT2D eigenvalue weighted by atomic mass is 10.1. The topological polar surface area (TPSA) is 96.2 Å². The van der Waals surface area contributed by atoms with Crippen LogP contribution in [0.1, 0.15) is 0 Å². The second kappa shape index (κ2) is 4.01. The molecule has 13 heavy (non-hydrogen) atoms. The molecular weight excluding hydrogens is 180 g/mol. The van der Waals surface area contributed by atoms with Crippen molar-refractivity contribution in [1.29, 1.82) is 0 Å². The highest BCUT2D eigenvalue weighted by Gasteiger charge is 2.46. The largest absolute Gasteiger partial charge is 0.467 e. The number of methoxy groups -OCH3 is 1. The molecule has 0 aromatic heterocycles. The van der Waals surface area contributed by atoms with Gasteiger partial charge in [0.15, 0.2) is 6.10 Å². The predicted molar refractivity (Wildman–Crippen MR) is 39.8 cm³/mol. The number of ether oxygens (including phenoxy) is 2. The van der Waals surface area contributed by atoms with E-state index in [4.69, 9.17) is 9.84 Å². The summed E-state index contributed by atoms with van der Waals surface area (Å²) in [6.07, 6.45) is -4.74. The van der Waals surface area contributed by atoms with Crippen molar-refractivity contribution in [2.45, 2.75) is 24.4 Å². The molecule has 6 nitrogen and oxygen atoms in total. The molecule has 0 unspecified atom stereocenters. The fourth-order valence-electron chi connectivity index (χ4n) is 1.21. The molecule has 0 aromatic rings. The van der Waals surface area contributed by atoms with Crippen LogP contribution in [0.15, 0.2) is 0 Å². The van der Waals surface area contributed by atoms with Crippen molar-refractivity contribution in [3.63, 3.8) is 0 Å². The van der Waals surface area contributed by atoms with Gasteiger partial charge in [-0.15, -0.1) is 0 Å². The summed E-state index contributed by atoms with van der Waals surface area (Å²) in [5.41, 5.74) is 0. The van der Waals surface area contributed by atoms with Crippen LogP contribution in [0.4, 0.5) is 0 Å². The van der Waals surface area contributed by atoms with Crippen LogP contribution in [0.2, 0.25) is 0 Å². The molecule has 0 aliphatic carbocycles. The van der Waals surface area contributed by atoms with E-state index in [1.165, 1.54) is 0 Å².